The molecule has 0 amide bonds. The van der Waals surface area contributed by atoms with E-state index in [0.717, 1.165) is 42.9 Å². The van der Waals surface area contributed by atoms with Crippen LogP contribution >= 0.6 is 11.8 Å². The minimum atomic E-state index is 0.255. The van der Waals surface area contributed by atoms with E-state index in [9.17, 15) is 0 Å². The number of benzene rings is 1. The van der Waals surface area contributed by atoms with Crippen molar-refractivity contribution in [1.82, 2.24) is 20.2 Å². The molecule has 3 aromatic rings. The second-order valence-electron chi connectivity index (χ2n) is 6.15. The lowest BCUT2D eigenvalue weighted by atomic mass is 10.2. The van der Waals surface area contributed by atoms with Crippen LogP contribution in [0.5, 0.6) is 0 Å². The predicted molar refractivity (Wildman–Crippen MR) is 104 cm³/mol. The zero-order valence-electron chi connectivity index (χ0n) is 14.6. The Morgan fingerprint density at radius 3 is 2.92 bits per heavy atom. The zero-order chi connectivity index (χ0) is 17.8. The highest BCUT2D eigenvalue weighted by molar-refractivity contribution is 7.98. The van der Waals surface area contributed by atoms with Crippen LogP contribution in [0.25, 0.3) is 22.8 Å². The third-order valence-electron chi connectivity index (χ3n) is 4.42. The first-order valence-electron chi connectivity index (χ1n) is 8.71. The number of aromatic nitrogens is 4. The molecule has 0 aliphatic carbocycles. The number of rotatable bonds is 6. The lowest BCUT2D eigenvalue weighted by Gasteiger charge is -2.13. The van der Waals surface area contributed by atoms with Crippen molar-refractivity contribution in [1.29, 1.82) is 0 Å². The second kappa shape index (κ2) is 7.88. The molecule has 1 unspecified atom stereocenters. The van der Waals surface area contributed by atoms with E-state index in [1.807, 2.05) is 24.3 Å². The van der Waals surface area contributed by atoms with Gasteiger partial charge in [0, 0.05) is 29.8 Å². The fourth-order valence-electron chi connectivity index (χ4n) is 3.00. The fourth-order valence-corrected chi connectivity index (χ4v) is 3.41. The molecule has 2 aromatic heterocycles. The average molecular weight is 367 g/mol. The molecule has 1 aromatic carbocycles. The Morgan fingerprint density at radius 2 is 2.15 bits per heavy atom. The molecule has 3 heterocycles. The lowest BCUT2D eigenvalue weighted by Crippen LogP contribution is -2.19. The minimum absolute atomic E-state index is 0.255. The van der Waals surface area contributed by atoms with Gasteiger partial charge in [-0.3, -0.25) is 5.10 Å². The van der Waals surface area contributed by atoms with E-state index in [4.69, 9.17) is 4.74 Å². The van der Waals surface area contributed by atoms with Gasteiger partial charge in [0.2, 0.25) is 0 Å². The fraction of sp³-hybridized carbons (Fsp3) is 0.316. The van der Waals surface area contributed by atoms with Crippen LogP contribution in [-0.2, 0) is 4.74 Å². The van der Waals surface area contributed by atoms with Gasteiger partial charge in [-0.15, -0.1) is 11.8 Å². The van der Waals surface area contributed by atoms with Crippen molar-refractivity contribution in [3.05, 3.63) is 42.6 Å². The lowest BCUT2D eigenvalue weighted by molar-refractivity contribution is 0.120. The molecule has 0 spiro atoms. The van der Waals surface area contributed by atoms with E-state index in [0.29, 0.717) is 11.6 Å². The number of hydrogen-bond donors (Lipinski definition) is 2. The minimum Gasteiger partial charge on any atom is -0.376 e. The average Bonchev–Trinajstić information content (AvgIpc) is 3.39. The Kier molecular flexibility index (Phi) is 5.17. The summed E-state index contributed by atoms with van der Waals surface area (Å²) in [4.78, 5) is 10.3. The van der Waals surface area contributed by atoms with Crippen molar-refractivity contribution in [3.8, 4) is 22.8 Å². The van der Waals surface area contributed by atoms with E-state index >= 15 is 0 Å². The number of pyridine rings is 1. The molecular formula is C19H21N5OS. The molecule has 1 aliphatic rings. The van der Waals surface area contributed by atoms with Gasteiger partial charge in [-0.05, 0) is 43.4 Å². The number of thioether (sulfide) groups is 1. The van der Waals surface area contributed by atoms with Gasteiger partial charge < -0.3 is 10.1 Å². The normalized spacial score (nSPS) is 16.7. The van der Waals surface area contributed by atoms with Crippen LogP contribution < -0.4 is 5.32 Å². The molecule has 1 aliphatic heterocycles. The van der Waals surface area contributed by atoms with Gasteiger partial charge in [-0.25, -0.2) is 9.97 Å². The van der Waals surface area contributed by atoms with E-state index in [1.165, 1.54) is 4.90 Å². The summed E-state index contributed by atoms with van der Waals surface area (Å²) in [5, 5.41) is 10.8. The highest BCUT2D eigenvalue weighted by Gasteiger charge is 2.17. The third-order valence-corrected chi connectivity index (χ3v) is 5.16. The summed E-state index contributed by atoms with van der Waals surface area (Å²) in [6, 6.07) is 12.1. The summed E-state index contributed by atoms with van der Waals surface area (Å²) in [7, 11) is 0. The molecule has 7 heteroatoms. The van der Waals surface area contributed by atoms with E-state index in [1.54, 1.807) is 18.0 Å². The van der Waals surface area contributed by atoms with Crippen molar-refractivity contribution in [3.63, 3.8) is 0 Å². The highest BCUT2D eigenvalue weighted by Crippen LogP contribution is 2.26. The Morgan fingerprint density at radius 1 is 1.27 bits per heavy atom. The Balaban J connectivity index is 1.54. The van der Waals surface area contributed by atoms with Crippen LogP contribution in [0.2, 0.25) is 0 Å². The van der Waals surface area contributed by atoms with Gasteiger partial charge in [0.25, 0.3) is 0 Å². The first kappa shape index (κ1) is 17.1. The van der Waals surface area contributed by atoms with Gasteiger partial charge in [-0.2, -0.15) is 5.10 Å². The van der Waals surface area contributed by atoms with Crippen LogP contribution in [0, 0.1) is 0 Å². The molecular weight excluding hydrogens is 346 g/mol. The molecule has 1 fully saturated rings. The van der Waals surface area contributed by atoms with Crippen molar-refractivity contribution < 1.29 is 4.74 Å². The molecule has 0 radical (unpaired) electrons. The largest absolute Gasteiger partial charge is 0.376 e. The van der Waals surface area contributed by atoms with Gasteiger partial charge in [0.1, 0.15) is 5.82 Å². The first-order valence-corrected chi connectivity index (χ1v) is 9.93. The molecule has 1 saturated heterocycles. The van der Waals surface area contributed by atoms with Crippen molar-refractivity contribution in [2.24, 2.45) is 0 Å². The van der Waals surface area contributed by atoms with Crippen LogP contribution in [0.1, 0.15) is 12.8 Å². The molecule has 0 bridgehead atoms. The number of aromatic amines is 1. The number of ether oxygens (including phenoxy) is 1. The van der Waals surface area contributed by atoms with Crippen molar-refractivity contribution >= 4 is 17.6 Å². The topological polar surface area (TPSA) is 75.7 Å². The maximum atomic E-state index is 5.67. The number of H-pyrrole nitrogens is 1. The molecule has 0 saturated carbocycles. The monoisotopic (exact) mass is 367 g/mol. The Labute approximate surface area is 156 Å². The van der Waals surface area contributed by atoms with Crippen LogP contribution in [0.3, 0.4) is 0 Å². The summed E-state index contributed by atoms with van der Waals surface area (Å²) in [6.45, 7) is 1.60. The first-order chi connectivity index (χ1) is 12.8. The second-order valence-corrected chi connectivity index (χ2v) is 7.03. The number of nitrogens with one attached hydrogen (secondary N) is 2. The summed E-state index contributed by atoms with van der Waals surface area (Å²) in [5.41, 5.74) is 1.90. The van der Waals surface area contributed by atoms with Gasteiger partial charge in [-0.1, -0.05) is 12.1 Å². The summed E-state index contributed by atoms with van der Waals surface area (Å²) in [5.74, 6) is 2.18. The van der Waals surface area contributed by atoms with Crippen molar-refractivity contribution in [2.75, 3.05) is 24.7 Å². The Hall–Kier alpha value is -2.38. The van der Waals surface area contributed by atoms with E-state index in [-0.39, 0.29) is 6.10 Å². The zero-order valence-corrected chi connectivity index (χ0v) is 15.4. The molecule has 2 N–H and O–H groups in total. The highest BCUT2D eigenvalue weighted by atomic mass is 32.2. The summed E-state index contributed by atoms with van der Waals surface area (Å²) < 4.78 is 5.67. The van der Waals surface area contributed by atoms with E-state index < -0.39 is 0 Å². The maximum absolute atomic E-state index is 5.67. The molecule has 26 heavy (non-hydrogen) atoms. The smallest absolute Gasteiger partial charge is 0.181 e. The van der Waals surface area contributed by atoms with Crippen molar-refractivity contribution in [2.45, 2.75) is 23.8 Å². The summed E-state index contributed by atoms with van der Waals surface area (Å²) >= 11 is 1.72. The quantitative estimate of drug-likeness (QED) is 0.645. The SMILES string of the molecule is CSc1ccc(-c2n[nH]c(-c3cccnc3NCC3CCCO3)n2)cc1. The number of hydrogen-bond acceptors (Lipinski definition) is 6. The standard InChI is InChI=1S/C19H21N5OS/c1-26-15-8-6-13(7-9-15)17-22-19(24-23-17)16-5-2-10-20-18(16)21-12-14-4-3-11-25-14/h2,5-10,14H,3-4,11-12H2,1H3,(H,20,21)(H,22,23,24). The number of nitrogens with zero attached hydrogens (tertiary/aromatic N) is 3. The van der Waals surface area contributed by atoms with Gasteiger partial charge in [0.15, 0.2) is 11.6 Å². The van der Waals surface area contributed by atoms with Crippen LogP contribution in [0.15, 0.2) is 47.5 Å². The van der Waals surface area contributed by atoms with E-state index in [2.05, 4.69) is 43.9 Å². The van der Waals surface area contributed by atoms with Crippen LogP contribution in [0.4, 0.5) is 5.82 Å². The maximum Gasteiger partial charge on any atom is 0.181 e. The number of anilines is 1. The van der Waals surface area contributed by atoms with Gasteiger partial charge >= 0.3 is 0 Å². The molecule has 134 valence electrons. The predicted octanol–water partition coefficient (Wildman–Crippen LogP) is 3.85. The van der Waals surface area contributed by atoms with Crippen LogP contribution in [-0.4, -0.2) is 45.7 Å². The molecule has 1 atom stereocenters. The third kappa shape index (κ3) is 3.73. The molecule has 4 rings (SSSR count). The van der Waals surface area contributed by atoms with Gasteiger partial charge in [0.05, 0.1) is 11.7 Å². The summed E-state index contributed by atoms with van der Waals surface area (Å²) in [6.07, 6.45) is 6.31. The molecule has 6 nitrogen and oxygen atoms in total. The Bertz CT molecular complexity index is 858.